The predicted octanol–water partition coefficient (Wildman–Crippen LogP) is 3.53. The van der Waals surface area contributed by atoms with Crippen molar-refractivity contribution in [2.75, 3.05) is 19.6 Å². The van der Waals surface area contributed by atoms with Crippen LogP contribution in [0.4, 0.5) is 0 Å². The van der Waals surface area contributed by atoms with Crippen molar-refractivity contribution in [1.82, 2.24) is 10.2 Å². The van der Waals surface area contributed by atoms with E-state index in [1.165, 1.54) is 57.3 Å². The first-order valence-corrected chi connectivity index (χ1v) is 9.15. The first-order chi connectivity index (χ1) is 9.71. The second-order valence-electron chi connectivity index (χ2n) is 6.87. The SMILES string of the molecule is CCCC1CNC(C)(C2CC2)CN1CCc1ccsc1. The average molecular weight is 292 g/mol. The molecule has 3 heteroatoms. The number of nitrogens with zero attached hydrogens (tertiary/aromatic N) is 1. The lowest BCUT2D eigenvalue weighted by Gasteiger charge is -2.47. The van der Waals surface area contributed by atoms with Crippen LogP contribution in [0.5, 0.6) is 0 Å². The maximum Gasteiger partial charge on any atom is 0.0309 e. The topological polar surface area (TPSA) is 15.3 Å². The van der Waals surface area contributed by atoms with E-state index in [4.69, 9.17) is 0 Å². The molecule has 0 spiro atoms. The van der Waals surface area contributed by atoms with Crippen molar-refractivity contribution in [3.63, 3.8) is 0 Å². The van der Waals surface area contributed by atoms with Crippen LogP contribution >= 0.6 is 11.3 Å². The monoisotopic (exact) mass is 292 g/mol. The number of hydrogen-bond donors (Lipinski definition) is 1. The van der Waals surface area contributed by atoms with Crippen molar-refractivity contribution in [2.45, 2.75) is 57.5 Å². The first kappa shape index (κ1) is 14.6. The highest BCUT2D eigenvalue weighted by atomic mass is 32.1. The summed E-state index contributed by atoms with van der Waals surface area (Å²) < 4.78 is 0. The molecule has 20 heavy (non-hydrogen) atoms. The van der Waals surface area contributed by atoms with Gasteiger partial charge in [-0.15, -0.1) is 0 Å². The Hall–Kier alpha value is -0.380. The van der Waals surface area contributed by atoms with Crippen molar-refractivity contribution in [1.29, 1.82) is 0 Å². The van der Waals surface area contributed by atoms with Crippen LogP contribution in [-0.4, -0.2) is 36.1 Å². The lowest BCUT2D eigenvalue weighted by atomic mass is 9.89. The summed E-state index contributed by atoms with van der Waals surface area (Å²) in [5.41, 5.74) is 1.88. The van der Waals surface area contributed by atoms with Gasteiger partial charge in [0, 0.05) is 31.2 Å². The first-order valence-electron chi connectivity index (χ1n) is 8.21. The Balaban J connectivity index is 1.62. The highest BCUT2D eigenvalue weighted by Crippen LogP contribution is 2.41. The van der Waals surface area contributed by atoms with Gasteiger partial charge in [0.05, 0.1) is 0 Å². The third-order valence-corrected chi connectivity index (χ3v) is 5.89. The zero-order valence-corrected chi connectivity index (χ0v) is 13.7. The maximum absolute atomic E-state index is 3.88. The van der Waals surface area contributed by atoms with E-state index in [2.05, 4.69) is 40.9 Å². The van der Waals surface area contributed by atoms with Gasteiger partial charge in [0.15, 0.2) is 0 Å². The number of rotatable bonds is 6. The molecule has 2 unspecified atom stereocenters. The van der Waals surface area contributed by atoms with E-state index >= 15 is 0 Å². The molecule has 0 aromatic carbocycles. The minimum Gasteiger partial charge on any atom is -0.308 e. The largest absolute Gasteiger partial charge is 0.308 e. The maximum atomic E-state index is 3.88. The molecule has 1 aliphatic heterocycles. The molecule has 3 rings (SSSR count). The third-order valence-electron chi connectivity index (χ3n) is 5.16. The Morgan fingerprint density at radius 2 is 2.30 bits per heavy atom. The number of hydrogen-bond acceptors (Lipinski definition) is 3. The molecule has 2 fully saturated rings. The van der Waals surface area contributed by atoms with Crippen LogP contribution in [0.1, 0.15) is 45.1 Å². The van der Waals surface area contributed by atoms with Gasteiger partial charge in [0.2, 0.25) is 0 Å². The zero-order valence-electron chi connectivity index (χ0n) is 12.9. The van der Waals surface area contributed by atoms with Gasteiger partial charge in [-0.05, 0) is 60.9 Å². The predicted molar refractivity (Wildman–Crippen MR) is 87.4 cm³/mol. The van der Waals surface area contributed by atoms with Crippen LogP contribution in [0, 0.1) is 5.92 Å². The van der Waals surface area contributed by atoms with Crippen LogP contribution in [0.15, 0.2) is 16.8 Å². The van der Waals surface area contributed by atoms with E-state index in [1.807, 2.05) is 11.3 Å². The Labute approximate surface area is 127 Å². The quantitative estimate of drug-likeness (QED) is 0.863. The van der Waals surface area contributed by atoms with Gasteiger partial charge in [0.1, 0.15) is 0 Å². The summed E-state index contributed by atoms with van der Waals surface area (Å²) in [4.78, 5) is 2.77. The summed E-state index contributed by atoms with van der Waals surface area (Å²) in [7, 11) is 0. The van der Waals surface area contributed by atoms with Gasteiger partial charge in [-0.1, -0.05) is 13.3 Å². The summed E-state index contributed by atoms with van der Waals surface area (Å²) in [5.74, 6) is 0.925. The summed E-state index contributed by atoms with van der Waals surface area (Å²) in [5, 5.41) is 8.38. The molecule has 1 saturated heterocycles. The van der Waals surface area contributed by atoms with Crippen molar-refractivity contribution in [3.8, 4) is 0 Å². The molecule has 1 aliphatic carbocycles. The Morgan fingerprint density at radius 3 is 2.95 bits per heavy atom. The van der Waals surface area contributed by atoms with Crippen LogP contribution in [0.2, 0.25) is 0 Å². The van der Waals surface area contributed by atoms with Gasteiger partial charge < -0.3 is 5.32 Å². The van der Waals surface area contributed by atoms with Crippen LogP contribution in [-0.2, 0) is 6.42 Å². The molecular formula is C17H28N2S. The van der Waals surface area contributed by atoms with Crippen molar-refractivity contribution in [3.05, 3.63) is 22.4 Å². The molecule has 2 nitrogen and oxygen atoms in total. The van der Waals surface area contributed by atoms with Gasteiger partial charge in [0.25, 0.3) is 0 Å². The Bertz CT molecular complexity index is 413. The van der Waals surface area contributed by atoms with Gasteiger partial charge in [-0.2, -0.15) is 11.3 Å². The van der Waals surface area contributed by atoms with Crippen molar-refractivity contribution >= 4 is 11.3 Å². The summed E-state index contributed by atoms with van der Waals surface area (Å²) in [6, 6.07) is 3.02. The fourth-order valence-electron chi connectivity index (χ4n) is 3.67. The molecule has 1 aromatic rings. The Kier molecular flexibility index (Phi) is 4.49. The standard InChI is InChI=1S/C17H28N2S/c1-3-4-16-11-18-17(2,15-5-6-15)13-19(16)9-7-14-8-10-20-12-14/h8,10,12,15-16,18H,3-7,9,11,13H2,1-2H3. The normalized spacial score (nSPS) is 31.6. The molecule has 2 aliphatic rings. The highest BCUT2D eigenvalue weighted by Gasteiger charge is 2.45. The molecular weight excluding hydrogens is 264 g/mol. The highest BCUT2D eigenvalue weighted by molar-refractivity contribution is 7.07. The molecule has 2 heterocycles. The Morgan fingerprint density at radius 1 is 1.45 bits per heavy atom. The number of thiophene rings is 1. The van der Waals surface area contributed by atoms with E-state index in [-0.39, 0.29) is 0 Å². The molecule has 1 aromatic heterocycles. The smallest absolute Gasteiger partial charge is 0.0309 e. The number of piperazine rings is 1. The lowest BCUT2D eigenvalue weighted by Crippen LogP contribution is -2.64. The van der Waals surface area contributed by atoms with Crippen LogP contribution in [0.3, 0.4) is 0 Å². The van der Waals surface area contributed by atoms with E-state index < -0.39 is 0 Å². The minimum atomic E-state index is 0.374. The number of nitrogens with one attached hydrogen (secondary N) is 1. The lowest BCUT2D eigenvalue weighted by molar-refractivity contribution is 0.0712. The van der Waals surface area contributed by atoms with Crippen molar-refractivity contribution < 1.29 is 0 Å². The molecule has 0 amide bonds. The second-order valence-corrected chi connectivity index (χ2v) is 7.65. The molecule has 2 atom stereocenters. The van der Waals surface area contributed by atoms with E-state index in [9.17, 15) is 0 Å². The van der Waals surface area contributed by atoms with Crippen molar-refractivity contribution in [2.24, 2.45) is 5.92 Å². The fraction of sp³-hybridized carbons (Fsp3) is 0.765. The van der Waals surface area contributed by atoms with Crippen LogP contribution in [0.25, 0.3) is 0 Å². The molecule has 112 valence electrons. The van der Waals surface area contributed by atoms with E-state index in [1.54, 1.807) is 0 Å². The molecule has 1 saturated carbocycles. The molecule has 1 N–H and O–H groups in total. The third kappa shape index (κ3) is 3.26. The summed E-state index contributed by atoms with van der Waals surface area (Å²) in [6.07, 6.45) is 6.70. The van der Waals surface area contributed by atoms with Gasteiger partial charge >= 0.3 is 0 Å². The van der Waals surface area contributed by atoms with Crippen LogP contribution < -0.4 is 5.32 Å². The molecule has 0 bridgehead atoms. The minimum absolute atomic E-state index is 0.374. The average Bonchev–Trinajstić information content (AvgIpc) is 3.18. The fourth-order valence-corrected chi connectivity index (χ4v) is 4.37. The van der Waals surface area contributed by atoms with Gasteiger partial charge in [-0.3, -0.25) is 4.90 Å². The van der Waals surface area contributed by atoms with E-state index in [0.717, 1.165) is 12.0 Å². The molecule has 0 radical (unpaired) electrons. The van der Waals surface area contributed by atoms with Gasteiger partial charge in [-0.25, -0.2) is 0 Å². The summed E-state index contributed by atoms with van der Waals surface area (Å²) in [6.45, 7) is 8.42. The van der Waals surface area contributed by atoms with E-state index in [0.29, 0.717) is 5.54 Å². The summed E-state index contributed by atoms with van der Waals surface area (Å²) >= 11 is 1.82. The second kappa shape index (κ2) is 6.17. The zero-order chi connectivity index (χ0) is 14.0.